The number of aliphatic hydroxyl groups is 2. The van der Waals surface area contributed by atoms with Crippen molar-refractivity contribution in [2.24, 2.45) is 23.5 Å². The number of hydrogen-bond donors (Lipinski definition) is 11. The first kappa shape index (κ1) is 55.5. The molecule has 0 spiro atoms. The maximum absolute atomic E-state index is 13.7. The minimum atomic E-state index is -1.93. The molecule has 1 saturated heterocycles. The molecule has 1 fully saturated rings. The molecular formula is C44H70N8O13. The number of carboxylic acid groups (broad SMARTS) is 2. The summed E-state index contributed by atoms with van der Waals surface area (Å²) >= 11 is 0. The third-order valence-electron chi connectivity index (χ3n) is 10.6. The number of likely N-dealkylation sites (tertiary alicyclic amines) is 1. The number of carboxylic acids is 2. The fraction of sp³-hybridized carbons (Fsp3) is 0.659. The van der Waals surface area contributed by atoms with Crippen LogP contribution in [-0.4, -0.2) is 146 Å². The average Bonchev–Trinajstić information content (AvgIpc) is 3.70. The van der Waals surface area contributed by atoms with Gasteiger partial charge in [-0.05, 0) is 75.7 Å². The number of nitrogens with zero attached hydrogens (tertiary/aromatic N) is 1. The van der Waals surface area contributed by atoms with E-state index in [1.54, 1.807) is 65.8 Å². The van der Waals surface area contributed by atoms with Crippen LogP contribution in [0.1, 0.15) is 99.5 Å². The van der Waals surface area contributed by atoms with Crippen LogP contribution in [0.4, 0.5) is 0 Å². The molecule has 2 rings (SSSR count). The molecule has 1 heterocycles. The van der Waals surface area contributed by atoms with E-state index in [1.807, 2.05) is 6.07 Å². The van der Waals surface area contributed by atoms with Crippen LogP contribution in [0.2, 0.25) is 0 Å². The molecule has 21 nitrogen and oxygen atoms in total. The molecule has 0 radical (unpaired) electrons. The summed E-state index contributed by atoms with van der Waals surface area (Å²) in [4.78, 5) is 120. The highest BCUT2D eigenvalue weighted by atomic mass is 16.4. The minimum Gasteiger partial charge on any atom is -0.481 e. The zero-order valence-corrected chi connectivity index (χ0v) is 38.5. The summed E-state index contributed by atoms with van der Waals surface area (Å²) in [5.41, 5.74) is 7.02. The van der Waals surface area contributed by atoms with Gasteiger partial charge in [0, 0.05) is 6.54 Å². The van der Waals surface area contributed by atoms with Crippen molar-refractivity contribution in [3.05, 3.63) is 35.9 Å². The number of amides is 7. The fourth-order valence-electron chi connectivity index (χ4n) is 7.34. The number of aliphatic hydroxyl groups excluding tert-OH is 2. The third kappa shape index (κ3) is 18.4. The molecule has 1 aromatic rings. The van der Waals surface area contributed by atoms with E-state index < -0.39 is 120 Å². The van der Waals surface area contributed by atoms with Crippen molar-refractivity contribution < 1.29 is 63.6 Å². The summed E-state index contributed by atoms with van der Waals surface area (Å²) in [6, 6.07) is -2.28. The molecule has 0 bridgehead atoms. The van der Waals surface area contributed by atoms with Crippen LogP contribution in [0, 0.1) is 17.8 Å². The number of carbonyl (C=O) groups is 9. The maximum atomic E-state index is 13.7. The first-order valence-corrected chi connectivity index (χ1v) is 22.1. The Labute approximate surface area is 379 Å². The Kier molecular flexibility index (Phi) is 22.5. The molecule has 0 saturated carbocycles. The lowest BCUT2D eigenvalue weighted by Gasteiger charge is -2.30. The van der Waals surface area contributed by atoms with Crippen LogP contribution in [0.5, 0.6) is 0 Å². The van der Waals surface area contributed by atoms with E-state index in [4.69, 9.17) is 5.73 Å². The van der Waals surface area contributed by atoms with Gasteiger partial charge in [-0.15, -0.1) is 0 Å². The predicted molar refractivity (Wildman–Crippen MR) is 236 cm³/mol. The monoisotopic (exact) mass is 919 g/mol. The van der Waals surface area contributed by atoms with E-state index in [0.29, 0.717) is 6.42 Å². The van der Waals surface area contributed by atoms with E-state index in [9.17, 15) is 63.6 Å². The van der Waals surface area contributed by atoms with E-state index in [-0.39, 0.29) is 56.4 Å². The lowest BCUT2D eigenvalue weighted by molar-refractivity contribution is -0.143. The largest absolute Gasteiger partial charge is 0.481 e. The minimum absolute atomic E-state index is 0.0105. The molecule has 12 N–H and O–H groups in total. The number of aliphatic carboxylic acids is 2. The molecule has 7 amide bonds. The van der Waals surface area contributed by atoms with Gasteiger partial charge < -0.3 is 63.0 Å². The zero-order chi connectivity index (χ0) is 49.3. The van der Waals surface area contributed by atoms with Gasteiger partial charge in [0.15, 0.2) is 0 Å². The molecule has 1 aliphatic rings. The second kappa shape index (κ2) is 26.3. The summed E-state index contributed by atoms with van der Waals surface area (Å²) in [6.45, 7) is 13.2. The summed E-state index contributed by atoms with van der Waals surface area (Å²) in [7, 11) is 0. The van der Waals surface area contributed by atoms with E-state index >= 15 is 0 Å². The summed E-state index contributed by atoms with van der Waals surface area (Å²) in [6.07, 6.45) is -3.18. The summed E-state index contributed by atoms with van der Waals surface area (Å²) < 4.78 is 0. The first-order valence-electron chi connectivity index (χ1n) is 22.1. The molecule has 364 valence electrons. The Bertz CT molecular complexity index is 1810. The highest BCUT2D eigenvalue weighted by molar-refractivity contribution is 5.98. The highest BCUT2D eigenvalue weighted by Gasteiger charge is 2.40. The van der Waals surface area contributed by atoms with Crippen LogP contribution in [-0.2, 0) is 49.6 Å². The van der Waals surface area contributed by atoms with Crippen molar-refractivity contribution in [2.75, 3.05) is 6.54 Å². The highest BCUT2D eigenvalue weighted by Crippen LogP contribution is 2.20. The van der Waals surface area contributed by atoms with Gasteiger partial charge in [-0.2, -0.15) is 0 Å². The van der Waals surface area contributed by atoms with E-state index in [2.05, 4.69) is 31.9 Å². The van der Waals surface area contributed by atoms with Gasteiger partial charge in [0.2, 0.25) is 41.4 Å². The number of hydrogen-bond acceptors (Lipinski definition) is 12. The van der Waals surface area contributed by atoms with Gasteiger partial charge in [0.05, 0.1) is 24.7 Å². The van der Waals surface area contributed by atoms with Crippen molar-refractivity contribution in [1.29, 1.82) is 0 Å². The van der Waals surface area contributed by atoms with E-state index in [0.717, 1.165) is 12.5 Å². The number of nitrogens with two attached hydrogens (primary N) is 1. The molecule has 1 aliphatic heterocycles. The lowest BCUT2D eigenvalue weighted by Crippen LogP contribution is -2.63. The fourth-order valence-corrected chi connectivity index (χ4v) is 7.34. The van der Waals surface area contributed by atoms with Gasteiger partial charge in [-0.3, -0.25) is 38.4 Å². The molecule has 0 unspecified atom stereocenters. The molecule has 21 heteroatoms. The average molecular weight is 919 g/mol. The van der Waals surface area contributed by atoms with Crippen molar-refractivity contribution in [1.82, 2.24) is 36.8 Å². The molecule has 0 aromatic heterocycles. The normalized spacial score (nSPS) is 17.9. The maximum Gasteiger partial charge on any atom is 0.326 e. The smallest absolute Gasteiger partial charge is 0.326 e. The summed E-state index contributed by atoms with van der Waals surface area (Å²) in [5, 5.41) is 54.9. The van der Waals surface area contributed by atoms with E-state index in [1.165, 1.54) is 11.8 Å². The summed E-state index contributed by atoms with van der Waals surface area (Å²) in [5.74, 6) is -9.65. The number of nitrogens with one attached hydrogen (secondary N) is 6. The molecule has 0 aliphatic carbocycles. The van der Waals surface area contributed by atoms with Crippen molar-refractivity contribution in [3.8, 4) is 0 Å². The quantitative estimate of drug-likeness (QED) is 0.0527. The molecular weight excluding hydrogens is 849 g/mol. The third-order valence-corrected chi connectivity index (χ3v) is 10.6. The SMILES string of the molecule is CC(C)C[C@H](NC(=O)[C@H](CC(C)C)NC(=O)[C@H](CC(C)C)NC(=O)[C@@H](NC(=O)[C@H](CC(=O)O)NC(=O)[C@@H](NC(=O)[C@@H]1CCCN1C(=O)[C@@H](N)Cc1ccccc1)[C@@H](C)O)[C@@H](C)O)C(=O)O. The van der Waals surface area contributed by atoms with Gasteiger partial charge in [-0.25, -0.2) is 4.79 Å². The van der Waals surface area contributed by atoms with Crippen LogP contribution in [0.3, 0.4) is 0 Å². The number of benzene rings is 1. The lowest BCUT2D eigenvalue weighted by atomic mass is 9.98. The Balaban J connectivity index is 2.25. The predicted octanol–water partition coefficient (Wildman–Crippen LogP) is -1.08. The van der Waals surface area contributed by atoms with Crippen LogP contribution < -0.4 is 37.6 Å². The molecule has 65 heavy (non-hydrogen) atoms. The zero-order valence-electron chi connectivity index (χ0n) is 38.5. The van der Waals surface area contributed by atoms with Crippen LogP contribution >= 0.6 is 0 Å². The number of carbonyl (C=O) groups excluding carboxylic acids is 7. The first-order chi connectivity index (χ1) is 30.3. The topological polar surface area (TPSA) is 336 Å². The van der Waals surface area contributed by atoms with Crippen LogP contribution in [0.15, 0.2) is 30.3 Å². The Hall–Kier alpha value is -5.67. The van der Waals surface area contributed by atoms with Crippen LogP contribution in [0.25, 0.3) is 0 Å². The Morgan fingerprint density at radius 2 is 1.05 bits per heavy atom. The molecule has 1 aromatic carbocycles. The molecule has 10 atom stereocenters. The van der Waals surface area contributed by atoms with Crippen molar-refractivity contribution in [2.45, 2.75) is 161 Å². The van der Waals surface area contributed by atoms with Gasteiger partial charge in [0.25, 0.3) is 0 Å². The number of rotatable bonds is 26. The Morgan fingerprint density at radius 1 is 0.615 bits per heavy atom. The Morgan fingerprint density at radius 3 is 1.51 bits per heavy atom. The van der Waals surface area contributed by atoms with Gasteiger partial charge >= 0.3 is 11.9 Å². The van der Waals surface area contributed by atoms with Crippen molar-refractivity contribution >= 4 is 53.3 Å². The van der Waals surface area contributed by atoms with Gasteiger partial charge in [-0.1, -0.05) is 71.9 Å². The second-order valence-electron chi connectivity index (χ2n) is 18.0. The van der Waals surface area contributed by atoms with Gasteiger partial charge in [0.1, 0.15) is 42.3 Å². The standard InChI is InChI=1S/C44H70N8O13/c1-22(2)17-29(38(58)49-32(44(64)65)19-24(5)6)46-37(57)30(18-23(3)4)47-41(61)35(25(7)53)50-39(59)31(21-34(55)56)48-42(62)36(26(8)54)51-40(60)33-15-12-16-52(33)43(63)28(45)20-27-13-10-9-11-14-27/h9-11,13-14,22-26,28-33,35-36,53-54H,12,15-21,45H2,1-8H3,(H,46,57)(H,47,61)(H,48,62)(H,49,58)(H,50,59)(H,51,60)(H,55,56)(H,64,65)/t25-,26-,28+,29+,30+,31+,32+,33+,35+,36+/m1/s1. The second-order valence-corrected chi connectivity index (χ2v) is 18.0. The van der Waals surface area contributed by atoms with Crippen molar-refractivity contribution in [3.63, 3.8) is 0 Å².